The van der Waals surface area contributed by atoms with Gasteiger partial charge in [-0.2, -0.15) is 0 Å². The van der Waals surface area contributed by atoms with E-state index in [2.05, 4.69) is 20.9 Å². The van der Waals surface area contributed by atoms with Crippen LogP contribution in [0.1, 0.15) is 19.3 Å². The van der Waals surface area contributed by atoms with E-state index in [9.17, 15) is 4.79 Å². The number of nitrogens with one attached hydrogen (secondary N) is 3. The van der Waals surface area contributed by atoms with E-state index >= 15 is 0 Å². The Morgan fingerprint density at radius 1 is 1.47 bits per heavy atom. The number of urea groups is 1. The van der Waals surface area contributed by atoms with Crippen molar-refractivity contribution in [3.8, 4) is 0 Å². The molecule has 2 aliphatic heterocycles. The molecule has 5 nitrogen and oxygen atoms in total. The highest BCUT2D eigenvalue weighted by Gasteiger charge is 2.25. The minimum atomic E-state index is -0.0591. The Balaban J connectivity index is 1.68. The van der Waals surface area contributed by atoms with Crippen LogP contribution in [0, 0.1) is 5.92 Å². The first-order valence-electron chi connectivity index (χ1n) is 6.69. The Morgan fingerprint density at radius 2 is 2.35 bits per heavy atom. The highest BCUT2D eigenvalue weighted by atomic mass is 16.2. The third-order valence-corrected chi connectivity index (χ3v) is 3.75. The minimum absolute atomic E-state index is 0.0591. The number of nitrogens with zero attached hydrogens (tertiary/aromatic N) is 1. The van der Waals surface area contributed by atoms with Crippen LogP contribution >= 0.6 is 0 Å². The second-order valence-corrected chi connectivity index (χ2v) is 5.18. The van der Waals surface area contributed by atoms with Crippen LogP contribution in [0.4, 0.5) is 4.79 Å². The number of hydrogen-bond acceptors (Lipinski definition) is 3. The van der Waals surface area contributed by atoms with Gasteiger partial charge in [-0.05, 0) is 38.3 Å². The Labute approximate surface area is 103 Å². The molecule has 17 heavy (non-hydrogen) atoms. The summed E-state index contributed by atoms with van der Waals surface area (Å²) in [7, 11) is 1.66. The van der Waals surface area contributed by atoms with Gasteiger partial charge in [-0.1, -0.05) is 0 Å². The second kappa shape index (κ2) is 6.21. The van der Waals surface area contributed by atoms with Gasteiger partial charge in [0.25, 0.3) is 0 Å². The van der Waals surface area contributed by atoms with Crippen molar-refractivity contribution in [3.05, 3.63) is 0 Å². The van der Waals surface area contributed by atoms with Gasteiger partial charge in [0.15, 0.2) is 0 Å². The molecule has 0 bridgehead atoms. The third kappa shape index (κ3) is 3.85. The number of likely N-dealkylation sites (tertiary alicyclic amines) is 1. The van der Waals surface area contributed by atoms with Gasteiger partial charge in [0, 0.05) is 32.7 Å². The largest absolute Gasteiger partial charge is 0.341 e. The Hall–Kier alpha value is -0.810. The van der Waals surface area contributed by atoms with Crippen molar-refractivity contribution in [1.29, 1.82) is 0 Å². The second-order valence-electron chi connectivity index (χ2n) is 5.18. The Morgan fingerprint density at radius 3 is 3.06 bits per heavy atom. The van der Waals surface area contributed by atoms with Crippen LogP contribution in [0.5, 0.6) is 0 Å². The monoisotopic (exact) mass is 240 g/mol. The molecule has 2 atom stereocenters. The first kappa shape index (κ1) is 12.6. The smallest absolute Gasteiger partial charge is 0.314 e. The van der Waals surface area contributed by atoms with Crippen LogP contribution in [-0.4, -0.2) is 56.7 Å². The molecule has 5 heteroatoms. The SMILES string of the molecule is CNC(=O)NC1CCN(CC2CCCNC2)C1. The van der Waals surface area contributed by atoms with Crippen LogP contribution in [-0.2, 0) is 0 Å². The predicted molar refractivity (Wildman–Crippen MR) is 68.0 cm³/mol. The lowest BCUT2D eigenvalue weighted by molar-refractivity contribution is 0.230. The molecule has 2 aliphatic rings. The quantitative estimate of drug-likeness (QED) is 0.650. The van der Waals surface area contributed by atoms with Crippen molar-refractivity contribution in [2.75, 3.05) is 39.8 Å². The topological polar surface area (TPSA) is 56.4 Å². The fourth-order valence-electron chi connectivity index (χ4n) is 2.82. The van der Waals surface area contributed by atoms with Gasteiger partial charge in [-0.3, -0.25) is 0 Å². The number of carbonyl (C=O) groups is 1. The number of piperidine rings is 1. The number of carbonyl (C=O) groups excluding carboxylic acids is 1. The van der Waals surface area contributed by atoms with E-state index in [0.29, 0.717) is 6.04 Å². The van der Waals surface area contributed by atoms with Crippen molar-refractivity contribution >= 4 is 6.03 Å². The molecule has 2 fully saturated rings. The molecule has 0 aromatic heterocycles. The Bertz CT molecular complexity index is 253. The van der Waals surface area contributed by atoms with Gasteiger partial charge in [0.05, 0.1) is 0 Å². The molecule has 0 spiro atoms. The first-order valence-corrected chi connectivity index (χ1v) is 6.69. The average molecular weight is 240 g/mol. The van der Waals surface area contributed by atoms with Gasteiger partial charge in [-0.25, -0.2) is 4.79 Å². The number of amides is 2. The van der Waals surface area contributed by atoms with Crippen LogP contribution in [0.3, 0.4) is 0 Å². The maximum absolute atomic E-state index is 11.2. The molecule has 0 radical (unpaired) electrons. The fourth-order valence-corrected chi connectivity index (χ4v) is 2.82. The molecule has 2 heterocycles. The lowest BCUT2D eigenvalue weighted by atomic mass is 9.99. The average Bonchev–Trinajstić information content (AvgIpc) is 2.77. The normalized spacial score (nSPS) is 30.2. The summed E-state index contributed by atoms with van der Waals surface area (Å²) in [6.07, 6.45) is 3.73. The van der Waals surface area contributed by atoms with E-state index in [-0.39, 0.29) is 6.03 Å². The molecular formula is C12H24N4O. The standard InChI is InChI=1S/C12H24N4O/c1-13-12(17)15-11-4-6-16(9-11)8-10-3-2-5-14-7-10/h10-11,14H,2-9H2,1H3,(H2,13,15,17). The summed E-state index contributed by atoms with van der Waals surface area (Å²) in [5.41, 5.74) is 0. The molecule has 2 rings (SSSR count). The third-order valence-electron chi connectivity index (χ3n) is 3.75. The summed E-state index contributed by atoms with van der Waals surface area (Å²) in [5.74, 6) is 0.794. The summed E-state index contributed by atoms with van der Waals surface area (Å²) in [4.78, 5) is 13.7. The van der Waals surface area contributed by atoms with Crippen LogP contribution in [0.15, 0.2) is 0 Å². The van der Waals surface area contributed by atoms with Gasteiger partial charge in [0.1, 0.15) is 0 Å². The molecule has 98 valence electrons. The zero-order valence-electron chi connectivity index (χ0n) is 10.7. The molecule has 0 saturated carbocycles. The minimum Gasteiger partial charge on any atom is -0.341 e. The van der Waals surface area contributed by atoms with Crippen molar-refractivity contribution in [2.24, 2.45) is 5.92 Å². The fraction of sp³-hybridized carbons (Fsp3) is 0.917. The van der Waals surface area contributed by atoms with Crippen LogP contribution in [0.2, 0.25) is 0 Å². The van der Waals surface area contributed by atoms with Gasteiger partial charge in [-0.15, -0.1) is 0 Å². The number of rotatable bonds is 3. The first-order chi connectivity index (χ1) is 8.28. The summed E-state index contributed by atoms with van der Waals surface area (Å²) in [6, 6.07) is 0.266. The summed E-state index contributed by atoms with van der Waals surface area (Å²) < 4.78 is 0. The summed E-state index contributed by atoms with van der Waals surface area (Å²) in [6.45, 7) is 5.63. The van der Waals surface area contributed by atoms with Crippen molar-refractivity contribution in [2.45, 2.75) is 25.3 Å². The number of hydrogen-bond donors (Lipinski definition) is 3. The lowest BCUT2D eigenvalue weighted by Crippen LogP contribution is -2.43. The molecule has 2 amide bonds. The van der Waals surface area contributed by atoms with Crippen LogP contribution < -0.4 is 16.0 Å². The van der Waals surface area contributed by atoms with Crippen molar-refractivity contribution < 1.29 is 4.79 Å². The maximum Gasteiger partial charge on any atom is 0.314 e. The van der Waals surface area contributed by atoms with E-state index in [4.69, 9.17) is 0 Å². The highest BCUT2D eigenvalue weighted by molar-refractivity contribution is 5.73. The van der Waals surface area contributed by atoms with Crippen LogP contribution in [0.25, 0.3) is 0 Å². The predicted octanol–water partition coefficient (Wildman–Crippen LogP) is -0.0107. The molecule has 2 saturated heterocycles. The van der Waals surface area contributed by atoms with E-state index in [1.807, 2.05) is 0 Å². The maximum atomic E-state index is 11.2. The van der Waals surface area contributed by atoms with Gasteiger partial charge in [0.2, 0.25) is 0 Å². The molecule has 0 aliphatic carbocycles. The van der Waals surface area contributed by atoms with E-state index in [0.717, 1.165) is 32.0 Å². The molecular weight excluding hydrogens is 216 g/mol. The van der Waals surface area contributed by atoms with Crippen molar-refractivity contribution in [1.82, 2.24) is 20.9 Å². The van der Waals surface area contributed by atoms with E-state index < -0.39 is 0 Å². The van der Waals surface area contributed by atoms with Gasteiger partial charge >= 0.3 is 6.03 Å². The molecule has 0 aromatic rings. The zero-order chi connectivity index (χ0) is 12.1. The van der Waals surface area contributed by atoms with E-state index in [1.165, 1.54) is 25.9 Å². The lowest BCUT2D eigenvalue weighted by Gasteiger charge is -2.27. The summed E-state index contributed by atoms with van der Waals surface area (Å²) >= 11 is 0. The molecule has 3 N–H and O–H groups in total. The zero-order valence-corrected chi connectivity index (χ0v) is 10.7. The highest BCUT2D eigenvalue weighted by Crippen LogP contribution is 2.16. The van der Waals surface area contributed by atoms with Gasteiger partial charge < -0.3 is 20.9 Å². The molecule has 0 aromatic carbocycles. The summed E-state index contributed by atoms with van der Waals surface area (Å²) in [5, 5.41) is 9.05. The van der Waals surface area contributed by atoms with Crippen molar-refractivity contribution in [3.63, 3.8) is 0 Å². The molecule has 2 unspecified atom stereocenters. The Kier molecular flexibility index (Phi) is 4.62. The van der Waals surface area contributed by atoms with E-state index in [1.54, 1.807) is 7.05 Å².